The summed E-state index contributed by atoms with van der Waals surface area (Å²) in [6.07, 6.45) is 1.79. The van der Waals surface area contributed by atoms with Crippen molar-refractivity contribution in [1.29, 1.82) is 0 Å². The first-order chi connectivity index (χ1) is 19.5. The summed E-state index contributed by atoms with van der Waals surface area (Å²) in [4.78, 5) is 26.9. The highest BCUT2D eigenvalue weighted by molar-refractivity contribution is 7.99. The Kier molecular flexibility index (Phi) is 8.59. The van der Waals surface area contributed by atoms with Crippen LogP contribution in [0.4, 0.5) is 5.00 Å². The highest BCUT2D eigenvalue weighted by Crippen LogP contribution is 2.39. The molecule has 0 unspecified atom stereocenters. The van der Waals surface area contributed by atoms with Gasteiger partial charge in [-0.25, -0.2) is 4.79 Å². The number of nitrogens with one attached hydrogen (secondary N) is 1. The lowest BCUT2D eigenvalue weighted by atomic mass is 10.0. The van der Waals surface area contributed by atoms with Crippen LogP contribution in [0.5, 0.6) is 0 Å². The third-order valence-corrected chi connectivity index (χ3v) is 8.93. The largest absolute Gasteiger partial charge is 0.465 e. The molecule has 0 bridgehead atoms. The fourth-order valence-corrected chi connectivity index (χ4v) is 6.93. The normalized spacial score (nSPS) is 10.8. The third kappa shape index (κ3) is 5.65. The summed E-state index contributed by atoms with van der Waals surface area (Å²) in [7, 11) is 1.33. The van der Waals surface area contributed by atoms with E-state index in [1.165, 1.54) is 35.1 Å². The average Bonchev–Trinajstić information content (AvgIpc) is 3.69. The molecular weight excluding hydrogens is 561 g/mol. The second kappa shape index (κ2) is 12.5. The molecule has 0 aliphatic heterocycles. The van der Waals surface area contributed by atoms with Crippen LogP contribution < -0.4 is 5.32 Å². The van der Waals surface area contributed by atoms with Crippen molar-refractivity contribution in [2.24, 2.45) is 0 Å². The van der Waals surface area contributed by atoms with E-state index in [9.17, 15) is 9.59 Å². The van der Waals surface area contributed by atoms with Crippen LogP contribution in [0.3, 0.4) is 0 Å². The molecule has 0 aliphatic rings. The van der Waals surface area contributed by atoms with E-state index >= 15 is 0 Å². The number of thioether (sulfide) groups is 1. The van der Waals surface area contributed by atoms with E-state index in [0.717, 1.165) is 33.6 Å². The van der Waals surface area contributed by atoms with Gasteiger partial charge in [-0.1, -0.05) is 78.5 Å². The zero-order chi connectivity index (χ0) is 28.1. The van der Waals surface area contributed by atoms with Crippen molar-refractivity contribution in [2.75, 3.05) is 18.2 Å². The lowest BCUT2D eigenvalue weighted by molar-refractivity contribution is -0.113. The van der Waals surface area contributed by atoms with Crippen molar-refractivity contribution in [3.05, 3.63) is 94.5 Å². The predicted octanol–water partition coefficient (Wildman–Crippen LogP) is 7.41. The predicted molar refractivity (Wildman–Crippen MR) is 164 cm³/mol. The number of hydrogen-bond acceptors (Lipinski definition) is 8. The number of amides is 1. The Hall–Kier alpha value is -3.99. The van der Waals surface area contributed by atoms with Crippen LogP contribution >= 0.6 is 34.4 Å². The Bertz CT molecular complexity index is 1660. The number of esters is 1. The molecule has 1 N–H and O–H groups in total. The standard InChI is InChI=1S/C30H26N4O3S3/c1-4-15-34-27(23-17-38-19(2)25(23)21-13-9-6-10-14-21)32-33-30(34)40-18-24(35)31-28-26(29(36)37-3)22(16-39-28)20-11-7-5-8-12-20/h4-14,16-17H,1,15,18H2,2-3H3,(H,31,35). The van der Waals surface area contributed by atoms with Gasteiger partial charge < -0.3 is 10.1 Å². The van der Waals surface area contributed by atoms with Gasteiger partial charge in [-0.15, -0.1) is 39.4 Å². The van der Waals surface area contributed by atoms with Gasteiger partial charge in [0.1, 0.15) is 10.6 Å². The van der Waals surface area contributed by atoms with Crippen molar-refractivity contribution in [3.63, 3.8) is 0 Å². The van der Waals surface area contributed by atoms with Gasteiger partial charge in [-0.05, 0) is 18.1 Å². The van der Waals surface area contributed by atoms with E-state index in [0.29, 0.717) is 22.3 Å². The van der Waals surface area contributed by atoms with Crippen molar-refractivity contribution < 1.29 is 14.3 Å². The highest BCUT2D eigenvalue weighted by Gasteiger charge is 2.24. The zero-order valence-electron chi connectivity index (χ0n) is 21.9. The number of anilines is 1. The molecule has 0 aliphatic carbocycles. The molecule has 5 aromatic rings. The SMILES string of the molecule is C=CCn1c(SCC(=O)Nc2scc(-c3ccccc3)c2C(=O)OC)nnc1-c1csc(C)c1-c1ccccc1. The van der Waals surface area contributed by atoms with Crippen molar-refractivity contribution in [1.82, 2.24) is 14.8 Å². The first kappa shape index (κ1) is 27.6. The van der Waals surface area contributed by atoms with Gasteiger partial charge in [0, 0.05) is 38.9 Å². The number of carbonyl (C=O) groups excluding carboxylic acids is 2. The smallest absolute Gasteiger partial charge is 0.341 e. The summed E-state index contributed by atoms with van der Waals surface area (Å²) < 4.78 is 6.99. The molecule has 202 valence electrons. The van der Waals surface area contributed by atoms with Crippen LogP contribution in [0.15, 0.2) is 89.2 Å². The van der Waals surface area contributed by atoms with Crippen LogP contribution in [0.1, 0.15) is 15.2 Å². The summed E-state index contributed by atoms with van der Waals surface area (Å²) >= 11 is 4.24. The summed E-state index contributed by atoms with van der Waals surface area (Å²) in [6.45, 7) is 6.50. The van der Waals surface area contributed by atoms with Gasteiger partial charge in [-0.2, -0.15) is 0 Å². The fourth-order valence-electron chi connectivity index (χ4n) is 4.35. The maximum Gasteiger partial charge on any atom is 0.341 e. The molecule has 0 atom stereocenters. The second-order valence-corrected chi connectivity index (χ2v) is 11.6. The van der Waals surface area contributed by atoms with E-state index in [2.05, 4.69) is 46.5 Å². The molecule has 2 aromatic carbocycles. The Morgan fingerprint density at radius 2 is 1.68 bits per heavy atom. The number of ether oxygens (including phenoxy) is 1. The van der Waals surface area contributed by atoms with Crippen LogP contribution in [0.2, 0.25) is 0 Å². The molecule has 7 nitrogen and oxygen atoms in total. The number of nitrogens with zero attached hydrogens (tertiary/aromatic N) is 3. The van der Waals surface area contributed by atoms with E-state index < -0.39 is 5.97 Å². The molecule has 3 heterocycles. The maximum absolute atomic E-state index is 13.0. The van der Waals surface area contributed by atoms with E-state index in [-0.39, 0.29) is 11.7 Å². The Morgan fingerprint density at radius 3 is 2.35 bits per heavy atom. The van der Waals surface area contributed by atoms with Crippen molar-refractivity contribution in [3.8, 4) is 33.6 Å². The number of aryl methyl sites for hydroxylation is 1. The topological polar surface area (TPSA) is 86.1 Å². The summed E-state index contributed by atoms with van der Waals surface area (Å²) in [6, 6.07) is 19.7. The molecule has 5 rings (SSSR count). The molecular formula is C30H26N4O3S3. The number of aromatic nitrogens is 3. The Balaban J connectivity index is 1.37. The number of methoxy groups -OCH3 is 1. The number of carbonyl (C=O) groups is 2. The monoisotopic (exact) mass is 586 g/mol. The van der Waals surface area contributed by atoms with Gasteiger partial charge in [0.05, 0.1) is 12.9 Å². The summed E-state index contributed by atoms with van der Waals surface area (Å²) in [5.74, 6) is 0.0500. The van der Waals surface area contributed by atoms with Crippen molar-refractivity contribution in [2.45, 2.75) is 18.6 Å². The number of hydrogen-bond donors (Lipinski definition) is 1. The van der Waals surface area contributed by atoms with Crippen molar-refractivity contribution >= 4 is 51.3 Å². The molecule has 3 aromatic heterocycles. The average molecular weight is 587 g/mol. The van der Waals surface area contributed by atoms with E-state index in [4.69, 9.17) is 4.74 Å². The number of rotatable bonds is 10. The fraction of sp³-hybridized carbons (Fsp3) is 0.133. The number of thiophene rings is 2. The van der Waals surface area contributed by atoms with Gasteiger partial charge in [0.15, 0.2) is 11.0 Å². The minimum atomic E-state index is -0.501. The van der Waals surface area contributed by atoms with Gasteiger partial charge in [0.25, 0.3) is 0 Å². The van der Waals surface area contributed by atoms with E-state index in [1.54, 1.807) is 17.4 Å². The molecule has 0 radical (unpaired) electrons. The lowest BCUT2D eigenvalue weighted by Gasteiger charge is -2.10. The molecule has 0 spiro atoms. The third-order valence-electron chi connectivity index (χ3n) is 6.16. The Labute approximate surface area is 244 Å². The van der Waals surface area contributed by atoms with Gasteiger partial charge >= 0.3 is 5.97 Å². The first-order valence-corrected chi connectivity index (χ1v) is 15.1. The summed E-state index contributed by atoms with van der Waals surface area (Å²) in [5, 5.41) is 16.8. The summed E-state index contributed by atoms with van der Waals surface area (Å²) in [5.41, 5.74) is 5.17. The molecule has 1 amide bonds. The Morgan fingerprint density at radius 1 is 1.00 bits per heavy atom. The molecule has 0 fully saturated rings. The second-order valence-electron chi connectivity index (χ2n) is 8.70. The zero-order valence-corrected chi connectivity index (χ0v) is 24.4. The molecule has 40 heavy (non-hydrogen) atoms. The minimum absolute atomic E-state index is 0.0860. The van der Waals surface area contributed by atoms with Crippen LogP contribution in [0, 0.1) is 6.92 Å². The van der Waals surface area contributed by atoms with Gasteiger partial charge in [0.2, 0.25) is 5.91 Å². The van der Waals surface area contributed by atoms with E-state index in [1.807, 2.05) is 58.5 Å². The number of benzene rings is 2. The van der Waals surface area contributed by atoms with Crippen LogP contribution in [-0.2, 0) is 16.1 Å². The lowest BCUT2D eigenvalue weighted by Crippen LogP contribution is -2.16. The van der Waals surface area contributed by atoms with Crippen LogP contribution in [-0.4, -0.2) is 39.5 Å². The quantitative estimate of drug-likeness (QED) is 0.104. The first-order valence-electron chi connectivity index (χ1n) is 12.4. The van der Waals surface area contributed by atoms with Crippen LogP contribution in [0.25, 0.3) is 33.6 Å². The molecule has 10 heteroatoms. The molecule has 0 saturated carbocycles. The van der Waals surface area contributed by atoms with Gasteiger partial charge in [-0.3, -0.25) is 9.36 Å². The molecule has 0 saturated heterocycles. The number of allylic oxidation sites excluding steroid dienone is 1. The minimum Gasteiger partial charge on any atom is -0.465 e. The maximum atomic E-state index is 13.0. The highest BCUT2D eigenvalue weighted by atomic mass is 32.2.